The number of benzene rings is 1. The van der Waals surface area contributed by atoms with Crippen LogP contribution in [0.2, 0.25) is 0 Å². The quantitative estimate of drug-likeness (QED) is 0.814. The summed E-state index contributed by atoms with van der Waals surface area (Å²) in [7, 11) is 0. The molecule has 0 spiro atoms. The van der Waals surface area contributed by atoms with E-state index in [1.165, 1.54) is 5.56 Å². The molecule has 0 aromatic heterocycles. The van der Waals surface area contributed by atoms with Crippen LogP contribution in [0.25, 0.3) is 0 Å². The van der Waals surface area contributed by atoms with Gasteiger partial charge < -0.3 is 5.32 Å². The van der Waals surface area contributed by atoms with Gasteiger partial charge in [-0.2, -0.15) is 0 Å². The molecule has 1 amide bonds. The zero-order valence-electron chi connectivity index (χ0n) is 13.8. The third-order valence-corrected chi connectivity index (χ3v) is 3.59. The number of hydrogen-bond donors (Lipinski definition) is 2. The minimum atomic E-state index is -0.404. The molecular weight excluding hydrogens is 264 g/mol. The molecule has 0 bridgehead atoms. The zero-order chi connectivity index (χ0) is 15.8. The molecule has 4 nitrogen and oxygen atoms in total. The summed E-state index contributed by atoms with van der Waals surface area (Å²) >= 11 is 0. The maximum Gasteiger partial charge on any atom is 0.274 e. The summed E-state index contributed by atoms with van der Waals surface area (Å²) in [4.78, 5) is 17.5. The molecule has 1 aromatic carbocycles. The van der Waals surface area contributed by atoms with Crippen molar-refractivity contribution in [2.24, 2.45) is 0 Å². The molecule has 0 saturated carbocycles. The number of hydrogen-bond acceptors (Lipinski definition) is 3. The number of nitrogens with one attached hydrogen (secondary N) is 2. The number of amides is 1. The maximum absolute atomic E-state index is 12.2. The summed E-state index contributed by atoms with van der Waals surface area (Å²) in [5, 5.41) is 3.51. The fourth-order valence-electron chi connectivity index (χ4n) is 2.78. The van der Waals surface area contributed by atoms with Gasteiger partial charge in [0, 0.05) is 16.8 Å². The second kappa shape index (κ2) is 5.34. The van der Waals surface area contributed by atoms with E-state index >= 15 is 0 Å². The average molecular weight is 290 g/mol. The van der Waals surface area contributed by atoms with E-state index in [9.17, 15) is 4.79 Å². The van der Waals surface area contributed by atoms with Crippen LogP contribution in [0.15, 0.2) is 18.2 Å². The van der Waals surface area contributed by atoms with E-state index in [-0.39, 0.29) is 11.4 Å². The van der Waals surface area contributed by atoms with Crippen LogP contribution in [0.3, 0.4) is 0 Å². The Morgan fingerprint density at radius 2 is 2.05 bits per heavy atom. The molecular formula is C17H26N2O2. The number of hydroxylamine groups is 1. The van der Waals surface area contributed by atoms with Gasteiger partial charge in [0.15, 0.2) is 0 Å². The van der Waals surface area contributed by atoms with Gasteiger partial charge in [-0.05, 0) is 64.7 Å². The Bertz CT molecular complexity index is 544. The van der Waals surface area contributed by atoms with Gasteiger partial charge in [-0.25, -0.2) is 5.48 Å². The van der Waals surface area contributed by atoms with Crippen molar-refractivity contribution in [3.05, 3.63) is 29.3 Å². The topological polar surface area (TPSA) is 50.4 Å². The lowest BCUT2D eigenvalue weighted by molar-refractivity contribution is -0.0589. The van der Waals surface area contributed by atoms with Crippen molar-refractivity contribution >= 4 is 11.6 Å². The smallest absolute Gasteiger partial charge is 0.274 e. The summed E-state index contributed by atoms with van der Waals surface area (Å²) in [5.41, 5.74) is 5.07. The highest BCUT2D eigenvalue weighted by molar-refractivity contribution is 5.94. The standard InChI is InChI=1S/C17H26N2O2/c1-11-10-17(5,6)18-14-9-12(7-8-13(11)14)15(20)19-21-16(2,3)4/h7-9,11,18H,10H2,1-6H3,(H,19,20). The van der Waals surface area contributed by atoms with Gasteiger partial charge in [-0.1, -0.05) is 13.0 Å². The van der Waals surface area contributed by atoms with Crippen LogP contribution in [0.1, 0.15) is 69.8 Å². The fourth-order valence-corrected chi connectivity index (χ4v) is 2.78. The molecule has 0 radical (unpaired) electrons. The highest BCUT2D eigenvalue weighted by Crippen LogP contribution is 2.38. The van der Waals surface area contributed by atoms with Crippen molar-refractivity contribution in [3.63, 3.8) is 0 Å². The molecule has 1 aliphatic rings. The molecule has 1 atom stereocenters. The highest BCUT2D eigenvalue weighted by atomic mass is 16.7. The predicted molar refractivity (Wildman–Crippen MR) is 85.5 cm³/mol. The molecule has 1 aliphatic heterocycles. The van der Waals surface area contributed by atoms with E-state index in [4.69, 9.17) is 4.84 Å². The Hall–Kier alpha value is -1.55. The number of fused-ring (bicyclic) bond motifs is 1. The Morgan fingerprint density at radius 1 is 1.38 bits per heavy atom. The molecule has 0 saturated heterocycles. The Kier molecular flexibility index (Phi) is 4.02. The number of rotatable bonds is 2. The van der Waals surface area contributed by atoms with Crippen molar-refractivity contribution in [2.45, 2.75) is 65.0 Å². The molecule has 116 valence electrons. The Morgan fingerprint density at radius 3 is 2.67 bits per heavy atom. The third-order valence-electron chi connectivity index (χ3n) is 3.59. The Labute approximate surface area is 127 Å². The molecule has 0 fully saturated rings. The summed E-state index contributed by atoms with van der Waals surface area (Å²) in [6.45, 7) is 12.3. The fraction of sp³-hybridized carbons (Fsp3) is 0.588. The van der Waals surface area contributed by atoms with E-state index < -0.39 is 5.60 Å². The lowest BCUT2D eigenvalue weighted by Crippen LogP contribution is -2.37. The molecule has 1 aromatic rings. The van der Waals surface area contributed by atoms with Crippen molar-refractivity contribution in [3.8, 4) is 0 Å². The minimum absolute atomic E-state index is 0.0451. The average Bonchev–Trinajstić information content (AvgIpc) is 2.32. The number of carbonyl (C=O) groups is 1. The lowest BCUT2D eigenvalue weighted by atomic mass is 9.81. The van der Waals surface area contributed by atoms with Crippen LogP contribution in [0, 0.1) is 0 Å². The number of carbonyl (C=O) groups excluding carboxylic acids is 1. The molecule has 4 heteroatoms. The molecule has 1 heterocycles. The first-order valence-corrected chi connectivity index (χ1v) is 7.48. The first-order chi connectivity index (χ1) is 9.57. The highest BCUT2D eigenvalue weighted by Gasteiger charge is 2.29. The normalized spacial score (nSPS) is 20.4. The molecule has 1 unspecified atom stereocenters. The van der Waals surface area contributed by atoms with Gasteiger partial charge in [-0.15, -0.1) is 0 Å². The second-order valence-corrected chi connectivity index (χ2v) is 7.56. The number of anilines is 1. The maximum atomic E-state index is 12.2. The van der Waals surface area contributed by atoms with E-state index in [0.29, 0.717) is 11.5 Å². The summed E-state index contributed by atoms with van der Waals surface area (Å²) in [6, 6.07) is 5.80. The van der Waals surface area contributed by atoms with Crippen molar-refractivity contribution in [1.29, 1.82) is 0 Å². The van der Waals surface area contributed by atoms with Crippen LogP contribution in [-0.2, 0) is 4.84 Å². The summed E-state index contributed by atoms with van der Waals surface area (Å²) < 4.78 is 0. The van der Waals surface area contributed by atoms with Gasteiger partial charge in [0.05, 0.1) is 5.60 Å². The van der Waals surface area contributed by atoms with Crippen LogP contribution in [0.5, 0.6) is 0 Å². The molecule has 0 aliphatic carbocycles. The van der Waals surface area contributed by atoms with Crippen LogP contribution in [-0.4, -0.2) is 17.0 Å². The zero-order valence-corrected chi connectivity index (χ0v) is 13.8. The van der Waals surface area contributed by atoms with Crippen molar-refractivity contribution in [1.82, 2.24) is 5.48 Å². The van der Waals surface area contributed by atoms with Gasteiger partial charge >= 0.3 is 0 Å². The first-order valence-electron chi connectivity index (χ1n) is 7.48. The molecule has 2 rings (SSSR count). The molecule has 2 N–H and O–H groups in total. The van der Waals surface area contributed by atoms with Crippen LogP contribution < -0.4 is 10.8 Å². The third kappa shape index (κ3) is 3.97. The van der Waals surface area contributed by atoms with Crippen molar-refractivity contribution in [2.75, 3.05) is 5.32 Å². The van der Waals surface area contributed by atoms with Crippen LogP contribution in [0.4, 0.5) is 5.69 Å². The van der Waals surface area contributed by atoms with E-state index in [1.54, 1.807) is 0 Å². The lowest BCUT2D eigenvalue weighted by Gasteiger charge is -2.37. The van der Waals surface area contributed by atoms with E-state index in [0.717, 1.165) is 12.1 Å². The summed E-state index contributed by atoms with van der Waals surface area (Å²) in [5.74, 6) is 0.268. The first kappa shape index (κ1) is 15.8. The van der Waals surface area contributed by atoms with E-state index in [2.05, 4.69) is 31.6 Å². The Balaban J connectivity index is 2.19. The monoisotopic (exact) mass is 290 g/mol. The largest absolute Gasteiger partial charge is 0.380 e. The second-order valence-electron chi connectivity index (χ2n) is 7.56. The SMILES string of the molecule is CC1CC(C)(C)Nc2cc(C(=O)NOC(C)(C)C)ccc21. The summed E-state index contributed by atoms with van der Waals surface area (Å²) in [6.07, 6.45) is 1.08. The van der Waals surface area contributed by atoms with Crippen molar-refractivity contribution < 1.29 is 9.63 Å². The van der Waals surface area contributed by atoms with E-state index in [1.807, 2.05) is 39.0 Å². The van der Waals surface area contributed by atoms with Gasteiger partial charge in [0.1, 0.15) is 0 Å². The van der Waals surface area contributed by atoms with Gasteiger partial charge in [-0.3, -0.25) is 9.63 Å². The minimum Gasteiger partial charge on any atom is -0.380 e. The molecule has 21 heavy (non-hydrogen) atoms. The van der Waals surface area contributed by atoms with Gasteiger partial charge in [0.2, 0.25) is 0 Å². The predicted octanol–water partition coefficient (Wildman–Crippen LogP) is 3.84. The van der Waals surface area contributed by atoms with Crippen LogP contribution >= 0.6 is 0 Å². The van der Waals surface area contributed by atoms with Gasteiger partial charge in [0.25, 0.3) is 5.91 Å².